The number of ether oxygens (including phenoxy) is 1. The van der Waals surface area contributed by atoms with Gasteiger partial charge in [0.05, 0.1) is 12.6 Å². The number of hydrogen-bond acceptors (Lipinski definition) is 3. The fourth-order valence-electron chi connectivity index (χ4n) is 1.56. The molecule has 0 fully saturated rings. The summed E-state index contributed by atoms with van der Waals surface area (Å²) < 4.78 is 5.34. The minimum Gasteiger partial charge on any atom is -0.494 e. The SMILES string of the molecule is CCCC(N)C(=O)c1cccc(OCC)c1. The molecule has 1 aromatic carbocycles. The smallest absolute Gasteiger partial charge is 0.179 e. The van der Waals surface area contributed by atoms with Crippen LogP contribution in [0, 0.1) is 0 Å². The van der Waals surface area contributed by atoms with Crippen LogP contribution in [0.15, 0.2) is 24.3 Å². The van der Waals surface area contributed by atoms with Crippen LogP contribution in [-0.2, 0) is 0 Å². The first-order chi connectivity index (χ1) is 7.69. The molecule has 1 aromatic rings. The van der Waals surface area contributed by atoms with E-state index in [-0.39, 0.29) is 5.78 Å². The summed E-state index contributed by atoms with van der Waals surface area (Å²) in [7, 11) is 0. The Bertz CT molecular complexity index is 350. The van der Waals surface area contributed by atoms with Gasteiger partial charge in [-0.05, 0) is 25.5 Å². The molecule has 0 spiro atoms. The lowest BCUT2D eigenvalue weighted by molar-refractivity contribution is 0.0956. The standard InChI is InChI=1S/C13H19NO2/c1-3-6-12(14)13(15)10-7-5-8-11(9-10)16-4-2/h5,7-9,12H,3-4,6,14H2,1-2H3. The Balaban J connectivity index is 2.78. The van der Waals surface area contributed by atoms with E-state index in [1.807, 2.05) is 26.0 Å². The van der Waals surface area contributed by atoms with Crippen LogP contribution in [0.3, 0.4) is 0 Å². The lowest BCUT2D eigenvalue weighted by atomic mass is 10.0. The van der Waals surface area contributed by atoms with Gasteiger partial charge in [0.25, 0.3) is 0 Å². The summed E-state index contributed by atoms with van der Waals surface area (Å²) in [6.07, 6.45) is 1.63. The number of ketones is 1. The van der Waals surface area contributed by atoms with Crippen LogP contribution in [0.4, 0.5) is 0 Å². The summed E-state index contributed by atoms with van der Waals surface area (Å²) in [5, 5.41) is 0. The van der Waals surface area contributed by atoms with Crippen molar-refractivity contribution in [2.24, 2.45) is 5.73 Å². The van der Waals surface area contributed by atoms with Gasteiger partial charge in [-0.15, -0.1) is 0 Å². The van der Waals surface area contributed by atoms with Crippen LogP contribution in [0.2, 0.25) is 0 Å². The van der Waals surface area contributed by atoms with Crippen molar-refractivity contribution in [2.75, 3.05) is 6.61 Å². The first-order valence-corrected chi connectivity index (χ1v) is 5.71. The topological polar surface area (TPSA) is 52.3 Å². The largest absolute Gasteiger partial charge is 0.494 e. The first kappa shape index (κ1) is 12.7. The van der Waals surface area contributed by atoms with Crippen molar-refractivity contribution in [3.63, 3.8) is 0 Å². The Kier molecular flexibility index (Phi) is 4.99. The molecule has 0 aliphatic heterocycles. The predicted molar refractivity (Wildman–Crippen MR) is 64.8 cm³/mol. The normalized spacial score (nSPS) is 12.2. The van der Waals surface area contributed by atoms with Gasteiger partial charge in [-0.25, -0.2) is 0 Å². The molecule has 0 saturated carbocycles. The van der Waals surface area contributed by atoms with Crippen LogP contribution in [0.1, 0.15) is 37.0 Å². The highest BCUT2D eigenvalue weighted by Gasteiger charge is 2.14. The zero-order valence-electron chi connectivity index (χ0n) is 9.90. The third kappa shape index (κ3) is 3.35. The van der Waals surface area contributed by atoms with Crippen molar-refractivity contribution in [2.45, 2.75) is 32.7 Å². The Morgan fingerprint density at radius 1 is 1.44 bits per heavy atom. The van der Waals surface area contributed by atoms with Crippen LogP contribution in [-0.4, -0.2) is 18.4 Å². The van der Waals surface area contributed by atoms with E-state index < -0.39 is 6.04 Å². The van der Waals surface area contributed by atoms with Gasteiger partial charge in [-0.1, -0.05) is 25.5 Å². The molecule has 0 aromatic heterocycles. The number of hydrogen-bond donors (Lipinski definition) is 1. The quantitative estimate of drug-likeness (QED) is 0.750. The van der Waals surface area contributed by atoms with Crippen molar-refractivity contribution in [1.82, 2.24) is 0 Å². The second kappa shape index (κ2) is 6.28. The molecule has 1 unspecified atom stereocenters. The van der Waals surface area contributed by atoms with Gasteiger partial charge in [0, 0.05) is 5.56 Å². The van der Waals surface area contributed by atoms with E-state index in [0.29, 0.717) is 12.2 Å². The summed E-state index contributed by atoms with van der Waals surface area (Å²) in [4.78, 5) is 11.9. The predicted octanol–water partition coefficient (Wildman–Crippen LogP) is 2.40. The third-order valence-corrected chi connectivity index (χ3v) is 2.37. The van der Waals surface area contributed by atoms with Crippen LogP contribution in [0.25, 0.3) is 0 Å². The number of benzene rings is 1. The van der Waals surface area contributed by atoms with Gasteiger partial charge in [-0.3, -0.25) is 4.79 Å². The van der Waals surface area contributed by atoms with E-state index in [9.17, 15) is 4.79 Å². The number of carbonyl (C=O) groups excluding carboxylic acids is 1. The van der Waals surface area contributed by atoms with Crippen molar-refractivity contribution in [1.29, 1.82) is 0 Å². The van der Waals surface area contributed by atoms with Crippen molar-refractivity contribution >= 4 is 5.78 Å². The van der Waals surface area contributed by atoms with E-state index >= 15 is 0 Å². The van der Waals surface area contributed by atoms with Crippen LogP contribution in [0.5, 0.6) is 5.75 Å². The lowest BCUT2D eigenvalue weighted by Crippen LogP contribution is -2.30. The Hall–Kier alpha value is -1.35. The van der Waals surface area contributed by atoms with Crippen LogP contribution >= 0.6 is 0 Å². The fraction of sp³-hybridized carbons (Fsp3) is 0.462. The highest BCUT2D eigenvalue weighted by molar-refractivity contribution is 6.00. The summed E-state index contributed by atoms with van der Waals surface area (Å²) >= 11 is 0. The minimum absolute atomic E-state index is 0.0107. The average Bonchev–Trinajstić information content (AvgIpc) is 2.29. The molecular weight excluding hydrogens is 202 g/mol. The number of Topliss-reactive ketones (excluding diaryl/α,β-unsaturated/α-hetero) is 1. The van der Waals surface area contributed by atoms with Gasteiger partial charge in [0.1, 0.15) is 5.75 Å². The molecule has 3 nitrogen and oxygen atoms in total. The number of carbonyl (C=O) groups is 1. The summed E-state index contributed by atoms with van der Waals surface area (Å²) in [6.45, 7) is 4.53. The zero-order chi connectivity index (χ0) is 12.0. The van der Waals surface area contributed by atoms with Crippen molar-refractivity contribution in [3.8, 4) is 5.75 Å². The van der Waals surface area contributed by atoms with E-state index in [1.54, 1.807) is 12.1 Å². The van der Waals surface area contributed by atoms with E-state index in [1.165, 1.54) is 0 Å². The second-order valence-electron chi connectivity index (χ2n) is 3.72. The lowest BCUT2D eigenvalue weighted by Gasteiger charge is -2.10. The third-order valence-electron chi connectivity index (χ3n) is 2.37. The molecule has 0 aliphatic rings. The van der Waals surface area contributed by atoms with E-state index in [4.69, 9.17) is 10.5 Å². The van der Waals surface area contributed by atoms with Gasteiger partial charge in [-0.2, -0.15) is 0 Å². The first-order valence-electron chi connectivity index (χ1n) is 5.71. The molecule has 0 saturated heterocycles. The van der Waals surface area contributed by atoms with E-state index in [0.717, 1.165) is 18.6 Å². The number of nitrogens with two attached hydrogens (primary N) is 1. The molecule has 1 rings (SSSR count). The molecule has 88 valence electrons. The Labute approximate surface area is 96.6 Å². The van der Waals surface area contributed by atoms with Crippen molar-refractivity contribution in [3.05, 3.63) is 29.8 Å². The molecule has 3 heteroatoms. The maximum Gasteiger partial charge on any atom is 0.179 e. The van der Waals surface area contributed by atoms with E-state index in [2.05, 4.69) is 0 Å². The fourth-order valence-corrected chi connectivity index (χ4v) is 1.56. The monoisotopic (exact) mass is 221 g/mol. The maximum atomic E-state index is 11.9. The molecule has 0 radical (unpaired) electrons. The average molecular weight is 221 g/mol. The number of rotatable bonds is 6. The second-order valence-corrected chi connectivity index (χ2v) is 3.72. The maximum absolute atomic E-state index is 11.9. The summed E-state index contributed by atoms with van der Waals surface area (Å²) in [6, 6.07) is 6.78. The molecular formula is C13H19NO2. The van der Waals surface area contributed by atoms with Gasteiger partial charge >= 0.3 is 0 Å². The molecule has 0 bridgehead atoms. The minimum atomic E-state index is -0.401. The van der Waals surface area contributed by atoms with Crippen LogP contribution < -0.4 is 10.5 Å². The van der Waals surface area contributed by atoms with Gasteiger partial charge in [0.15, 0.2) is 5.78 Å². The summed E-state index contributed by atoms with van der Waals surface area (Å²) in [5.41, 5.74) is 6.42. The Morgan fingerprint density at radius 2 is 2.19 bits per heavy atom. The zero-order valence-corrected chi connectivity index (χ0v) is 9.90. The highest BCUT2D eigenvalue weighted by Crippen LogP contribution is 2.15. The Morgan fingerprint density at radius 3 is 2.81 bits per heavy atom. The van der Waals surface area contributed by atoms with Gasteiger partial charge < -0.3 is 10.5 Å². The highest BCUT2D eigenvalue weighted by atomic mass is 16.5. The molecule has 2 N–H and O–H groups in total. The van der Waals surface area contributed by atoms with Gasteiger partial charge in [0.2, 0.25) is 0 Å². The molecule has 0 amide bonds. The molecule has 16 heavy (non-hydrogen) atoms. The molecule has 0 aliphatic carbocycles. The summed E-state index contributed by atoms with van der Waals surface area (Å²) in [5.74, 6) is 0.709. The van der Waals surface area contributed by atoms with Crippen molar-refractivity contribution < 1.29 is 9.53 Å². The molecule has 0 heterocycles. The molecule has 1 atom stereocenters.